The molecule has 0 saturated heterocycles. The Morgan fingerprint density at radius 2 is 2.24 bits per heavy atom. The third-order valence-electron chi connectivity index (χ3n) is 3.10. The van der Waals surface area contributed by atoms with Gasteiger partial charge in [0.25, 0.3) is 0 Å². The summed E-state index contributed by atoms with van der Waals surface area (Å²) in [4.78, 5) is 11.5. The van der Waals surface area contributed by atoms with Gasteiger partial charge >= 0.3 is 5.97 Å². The second kappa shape index (κ2) is 4.24. The zero-order valence-electron chi connectivity index (χ0n) is 9.90. The number of para-hydroxylation sites is 1. The fourth-order valence-electron chi connectivity index (χ4n) is 2.33. The van der Waals surface area contributed by atoms with Gasteiger partial charge in [-0.25, -0.2) is 0 Å². The lowest BCUT2D eigenvalue weighted by Gasteiger charge is -2.34. The number of hydrogen-bond donors (Lipinski definition) is 1. The molecule has 1 aliphatic rings. The van der Waals surface area contributed by atoms with Crippen molar-refractivity contribution in [2.45, 2.75) is 19.8 Å². The van der Waals surface area contributed by atoms with Crippen molar-refractivity contribution >= 4 is 5.97 Å². The number of fused-ring (bicyclic) bond motifs is 1. The van der Waals surface area contributed by atoms with Crippen molar-refractivity contribution in [1.82, 2.24) is 0 Å². The molecular weight excluding hydrogens is 216 g/mol. The Bertz CT molecular complexity index is 464. The molecule has 1 N–H and O–H groups in total. The monoisotopic (exact) mass is 232 g/mol. The number of allylic oxidation sites excluding steroid dienone is 1. The highest BCUT2D eigenvalue weighted by atomic mass is 16.5. The molecule has 0 aliphatic carbocycles. The maximum Gasteiger partial charge on any atom is 0.313 e. The van der Waals surface area contributed by atoms with Crippen LogP contribution in [0.2, 0.25) is 0 Å². The molecule has 1 atom stereocenters. The van der Waals surface area contributed by atoms with Crippen LogP contribution < -0.4 is 4.74 Å². The molecule has 1 aromatic rings. The summed E-state index contributed by atoms with van der Waals surface area (Å²) in [6.07, 6.45) is 0.960. The van der Waals surface area contributed by atoms with Crippen molar-refractivity contribution in [2.24, 2.45) is 5.41 Å². The van der Waals surface area contributed by atoms with Gasteiger partial charge in [-0.3, -0.25) is 4.79 Å². The van der Waals surface area contributed by atoms with E-state index in [9.17, 15) is 9.90 Å². The Morgan fingerprint density at radius 3 is 2.88 bits per heavy atom. The predicted molar refractivity (Wildman–Crippen MR) is 65.1 cm³/mol. The minimum Gasteiger partial charge on any atom is -0.492 e. The summed E-state index contributed by atoms with van der Waals surface area (Å²) in [5, 5.41) is 9.44. The maximum absolute atomic E-state index is 11.5. The number of carboxylic acid groups (broad SMARTS) is 1. The number of rotatable bonds is 3. The van der Waals surface area contributed by atoms with E-state index in [1.165, 1.54) is 0 Å². The molecule has 0 spiro atoms. The van der Waals surface area contributed by atoms with Crippen LogP contribution in [-0.2, 0) is 11.2 Å². The average Bonchev–Trinajstić information content (AvgIpc) is 2.27. The van der Waals surface area contributed by atoms with Gasteiger partial charge in [-0.15, -0.1) is 6.58 Å². The first kappa shape index (κ1) is 11.7. The van der Waals surface area contributed by atoms with Gasteiger partial charge in [-0.2, -0.15) is 0 Å². The van der Waals surface area contributed by atoms with Crippen LogP contribution in [0.15, 0.2) is 36.4 Å². The van der Waals surface area contributed by atoms with Gasteiger partial charge in [-0.05, 0) is 31.4 Å². The van der Waals surface area contributed by atoms with Gasteiger partial charge in [0.15, 0.2) is 0 Å². The van der Waals surface area contributed by atoms with E-state index >= 15 is 0 Å². The van der Waals surface area contributed by atoms with E-state index in [1.54, 1.807) is 0 Å². The SMILES string of the molecule is C=C(C)CC1(C(=O)O)COc2ccccc2C1. The molecular formula is C14H16O3. The molecule has 1 unspecified atom stereocenters. The zero-order chi connectivity index (χ0) is 12.5. The number of hydrogen-bond acceptors (Lipinski definition) is 2. The largest absolute Gasteiger partial charge is 0.492 e. The van der Waals surface area contributed by atoms with Crippen LogP contribution in [0.4, 0.5) is 0 Å². The number of ether oxygens (including phenoxy) is 1. The number of benzene rings is 1. The Labute approximate surface area is 101 Å². The molecule has 17 heavy (non-hydrogen) atoms. The molecule has 1 aromatic carbocycles. The molecule has 3 heteroatoms. The van der Waals surface area contributed by atoms with Crippen molar-refractivity contribution in [1.29, 1.82) is 0 Å². The van der Waals surface area contributed by atoms with Gasteiger partial charge < -0.3 is 9.84 Å². The van der Waals surface area contributed by atoms with Crippen LogP contribution in [0.5, 0.6) is 5.75 Å². The molecule has 0 aromatic heterocycles. The van der Waals surface area contributed by atoms with Crippen molar-refractivity contribution < 1.29 is 14.6 Å². The van der Waals surface area contributed by atoms with Crippen molar-refractivity contribution in [3.05, 3.63) is 42.0 Å². The highest BCUT2D eigenvalue weighted by Gasteiger charge is 2.42. The van der Waals surface area contributed by atoms with Gasteiger partial charge in [-0.1, -0.05) is 23.8 Å². The summed E-state index contributed by atoms with van der Waals surface area (Å²) in [5.74, 6) is -0.0129. The van der Waals surface area contributed by atoms with Crippen LogP contribution in [0.1, 0.15) is 18.9 Å². The lowest BCUT2D eigenvalue weighted by molar-refractivity contribution is -0.151. The first-order valence-electron chi connectivity index (χ1n) is 5.62. The molecule has 2 rings (SSSR count). The Balaban J connectivity index is 2.34. The predicted octanol–water partition coefficient (Wildman–Crippen LogP) is 2.66. The van der Waals surface area contributed by atoms with Crippen molar-refractivity contribution in [2.75, 3.05) is 6.61 Å². The second-order valence-electron chi connectivity index (χ2n) is 4.79. The lowest BCUT2D eigenvalue weighted by atomic mass is 9.76. The summed E-state index contributed by atoms with van der Waals surface area (Å²) < 4.78 is 5.58. The third kappa shape index (κ3) is 2.18. The van der Waals surface area contributed by atoms with E-state index in [0.29, 0.717) is 12.8 Å². The number of carbonyl (C=O) groups is 1. The molecule has 0 fully saturated rings. The fraction of sp³-hybridized carbons (Fsp3) is 0.357. The zero-order valence-corrected chi connectivity index (χ0v) is 9.90. The maximum atomic E-state index is 11.5. The topological polar surface area (TPSA) is 46.5 Å². The van der Waals surface area contributed by atoms with Crippen LogP contribution >= 0.6 is 0 Å². The number of carboxylic acids is 1. The second-order valence-corrected chi connectivity index (χ2v) is 4.79. The van der Waals surface area contributed by atoms with Crippen molar-refractivity contribution in [3.8, 4) is 5.75 Å². The van der Waals surface area contributed by atoms with Gasteiger partial charge in [0, 0.05) is 0 Å². The molecule has 0 saturated carbocycles. The summed E-state index contributed by atoms with van der Waals surface area (Å²) in [7, 11) is 0. The highest BCUT2D eigenvalue weighted by molar-refractivity contribution is 5.76. The third-order valence-corrected chi connectivity index (χ3v) is 3.10. The highest BCUT2D eigenvalue weighted by Crippen LogP contribution is 2.38. The Kier molecular flexibility index (Phi) is 2.92. The standard InChI is InChI=1S/C14H16O3/c1-10(2)7-14(13(15)16)8-11-5-3-4-6-12(11)17-9-14/h3-6H,1,7-9H2,2H3,(H,15,16). The normalized spacial score (nSPS) is 22.4. The van der Waals surface area contributed by atoms with E-state index in [1.807, 2.05) is 31.2 Å². The lowest BCUT2D eigenvalue weighted by Crippen LogP contribution is -2.42. The molecule has 0 radical (unpaired) electrons. The molecule has 90 valence electrons. The van der Waals surface area contributed by atoms with Crippen LogP contribution in [-0.4, -0.2) is 17.7 Å². The first-order chi connectivity index (χ1) is 8.03. The minimum atomic E-state index is -0.861. The van der Waals surface area contributed by atoms with Crippen LogP contribution in [0, 0.1) is 5.41 Å². The van der Waals surface area contributed by atoms with Crippen molar-refractivity contribution in [3.63, 3.8) is 0 Å². The van der Waals surface area contributed by atoms with E-state index < -0.39 is 11.4 Å². The van der Waals surface area contributed by atoms with Gasteiger partial charge in [0.1, 0.15) is 17.8 Å². The van der Waals surface area contributed by atoms with Gasteiger partial charge in [0.2, 0.25) is 0 Å². The summed E-state index contributed by atoms with van der Waals surface area (Å²) >= 11 is 0. The summed E-state index contributed by atoms with van der Waals surface area (Å²) in [6, 6.07) is 7.60. The smallest absolute Gasteiger partial charge is 0.313 e. The fourth-order valence-corrected chi connectivity index (χ4v) is 2.33. The molecule has 3 nitrogen and oxygen atoms in total. The quantitative estimate of drug-likeness (QED) is 0.815. The van der Waals surface area contributed by atoms with E-state index in [2.05, 4.69) is 6.58 Å². The van der Waals surface area contributed by atoms with E-state index in [4.69, 9.17) is 4.74 Å². The molecule has 0 bridgehead atoms. The van der Waals surface area contributed by atoms with Crippen LogP contribution in [0.25, 0.3) is 0 Å². The summed E-state index contributed by atoms with van der Waals surface area (Å²) in [5.41, 5.74) is 0.970. The van der Waals surface area contributed by atoms with Gasteiger partial charge in [0.05, 0.1) is 0 Å². The Morgan fingerprint density at radius 1 is 1.53 bits per heavy atom. The van der Waals surface area contributed by atoms with E-state index in [-0.39, 0.29) is 6.61 Å². The first-order valence-corrected chi connectivity index (χ1v) is 5.62. The molecule has 0 amide bonds. The molecule has 1 aliphatic heterocycles. The average molecular weight is 232 g/mol. The number of aliphatic carboxylic acids is 1. The molecule has 1 heterocycles. The Hall–Kier alpha value is -1.77. The summed E-state index contributed by atoms with van der Waals surface area (Å²) in [6.45, 7) is 5.88. The van der Waals surface area contributed by atoms with E-state index in [0.717, 1.165) is 16.9 Å². The van der Waals surface area contributed by atoms with Crippen LogP contribution in [0.3, 0.4) is 0 Å². The minimum absolute atomic E-state index is 0.214.